The molecular formula is C28H36O4SSi. The predicted octanol–water partition coefficient (Wildman–Crippen LogP) is 6.01. The van der Waals surface area contributed by atoms with Crippen LogP contribution in [-0.4, -0.2) is 16.7 Å². The van der Waals surface area contributed by atoms with Gasteiger partial charge in [-0.15, -0.1) is 4.33 Å². The van der Waals surface area contributed by atoms with Gasteiger partial charge in [0.1, 0.15) is 0 Å². The van der Waals surface area contributed by atoms with Crippen molar-refractivity contribution in [3.05, 3.63) is 90.5 Å². The lowest BCUT2D eigenvalue weighted by Crippen LogP contribution is -2.66. The highest BCUT2D eigenvalue weighted by Gasteiger charge is 2.53. The lowest BCUT2D eigenvalue weighted by Gasteiger charge is -2.40. The molecule has 0 aromatic heterocycles. The van der Waals surface area contributed by atoms with Crippen molar-refractivity contribution in [3.63, 3.8) is 0 Å². The molecule has 182 valence electrons. The van der Waals surface area contributed by atoms with Gasteiger partial charge in [-0.3, -0.25) is 4.58 Å². The lowest BCUT2D eigenvalue weighted by atomic mass is 10.1. The molecule has 4 nitrogen and oxygen atoms in total. The molecule has 3 aromatic carbocycles. The zero-order valence-corrected chi connectivity index (χ0v) is 22.5. The van der Waals surface area contributed by atoms with Gasteiger partial charge < -0.3 is 0 Å². The van der Waals surface area contributed by atoms with Crippen LogP contribution < -0.4 is 10.4 Å². The van der Waals surface area contributed by atoms with Crippen molar-refractivity contribution < 1.29 is 17.3 Å². The summed E-state index contributed by atoms with van der Waals surface area (Å²) >= 11 is 0. The molecule has 0 aliphatic rings. The maximum atomic E-state index is 13.2. The van der Waals surface area contributed by atoms with Crippen LogP contribution in [0.1, 0.15) is 58.9 Å². The van der Waals surface area contributed by atoms with E-state index in [1.54, 1.807) is 12.1 Å². The van der Waals surface area contributed by atoms with Crippen LogP contribution in [0.5, 0.6) is 0 Å². The third-order valence-corrected chi connectivity index (χ3v) is 12.2. The molecule has 3 aromatic rings. The summed E-state index contributed by atoms with van der Waals surface area (Å²) in [4.78, 5) is 0.0998. The number of hydrogen-bond donors (Lipinski definition) is 0. The average molecular weight is 497 g/mol. The minimum absolute atomic E-state index is 0.0998. The van der Waals surface area contributed by atoms with Gasteiger partial charge in [0.2, 0.25) is 0 Å². The second kappa shape index (κ2) is 11.4. The second-order valence-corrected chi connectivity index (χ2v) is 15.4. The van der Waals surface area contributed by atoms with Gasteiger partial charge in [0.05, 0.1) is 4.90 Å². The van der Waals surface area contributed by atoms with Crippen molar-refractivity contribution in [3.8, 4) is 0 Å². The van der Waals surface area contributed by atoms with Crippen molar-refractivity contribution in [2.75, 3.05) is 0 Å². The van der Waals surface area contributed by atoms with E-state index in [2.05, 4.69) is 27.7 Å². The van der Waals surface area contributed by atoms with E-state index in [-0.39, 0.29) is 4.90 Å². The van der Waals surface area contributed by atoms with Crippen molar-refractivity contribution in [1.82, 2.24) is 0 Å². The summed E-state index contributed by atoms with van der Waals surface area (Å²) in [7, 11) is -7.23. The molecular weight excluding hydrogens is 460 g/mol. The van der Waals surface area contributed by atoms with Crippen molar-refractivity contribution in [2.45, 2.75) is 69.7 Å². The molecule has 0 heterocycles. The number of aryl methyl sites for hydroxylation is 1. The van der Waals surface area contributed by atoms with E-state index in [4.69, 9.17) is 8.91 Å². The number of unbranched alkanes of at least 4 members (excludes halogenated alkanes) is 3. The third kappa shape index (κ3) is 6.05. The maximum absolute atomic E-state index is 13.2. The molecule has 0 bridgehead atoms. The first-order valence-electron chi connectivity index (χ1n) is 12.0. The van der Waals surface area contributed by atoms with Crippen LogP contribution in [0.15, 0.2) is 89.8 Å². The van der Waals surface area contributed by atoms with Gasteiger partial charge in [0.15, 0.2) is 0 Å². The van der Waals surface area contributed by atoms with Crippen LogP contribution in [0.4, 0.5) is 0 Å². The molecule has 0 unspecified atom stereocenters. The van der Waals surface area contributed by atoms with Gasteiger partial charge in [-0.1, -0.05) is 120 Å². The van der Waals surface area contributed by atoms with Crippen molar-refractivity contribution in [2.24, 2.45) is 0 Å². The topological polar surface area (TPSA) is 52.6 Å². The SMILES string of the molecule is CCCCCCc1ccc(S(=O)(=O)OO[Si](c2ccccc2)(c2ccccc2)C(C)(C)C)cc1. The van der Waals surface area contributed by atoms with E-state index in [1.807, 2.05) is 72.8 Å². The molecule has 34 heavy (non-hydrogen) atoms. The van der Waals surface area contributed by atoms with Gasteiger partial charge in [-0.05, 0) is 45.9 Å². The summed E-state index contributed by atoms with van der Waals surface area (Å²) in [6.07, 6.45) is 5.65. The molecule has 0 saturated heterocycles. The van der Waals surface area contributed by atoms with Gasteiger partial charge in [-0.2, -0.15) is 8.42 Å². The minimum Gasteiger partial charge on any atom is -0.258 e. The summed E-state index contributed by atoms with van der Waals surface area (Å²) < 4.78 is 37.9. The van der Waals surface area contributed by atoms with Crippen LogP contribution in [0.25, 0.3) is 0 Å². The van der Waals surface area contributed by atoms with E-state index in [1.165, 1.54) is 19.3 Å². The number of hydrogen-bond acceptors (Lipinski definition) is 4. The predicted molar refractivity (Wildman–Crippen MR) is 141 cm³/mol. The first-order chi connectivity index (χ1) is 16.2. The fourth-order valence-electron chi connectivity index (χ4n) is 4.31. The van der Waals surface area contributed by atoms with E-state index >= 15 is 0 Å². The Labute approximate surface area is 206 Å². The van der Waals surface area contributed by atoms with E-state index in [9.17, 15) is 8.42 Å². The number of benzene rings is 3. The Hall–Kier alpha value is -2.25. The molecule has 0 aliphatic heterocycles. The molecule has 6 heteroatoms. The summed E-state index contributed by atoms with van der Waals surface area (Å²) in [6.45, 7) is 8.40. The largest absolute Gasteiger partial charge is 0.322 e. The Kier molecular flexibility index (Phi) is 8.87. The molecule has 0 spiro atoms. The van der Waals surface area contributed by atoms with E-state index in [0.717, 1.165) is 28.8 Å². The Bertz CT molecular complexity index is 1080. The molecule has 0 N–H and O–H groups in total. The molecule has 0 aliphatic carbocycles. The second-order valence-electron chi connectivity index (χ2n) is 9.72. The molecule has 3 rings (SSSR count). The fourth-order valence-corrected chi connectivity index (χ4v) is 9.46. The quantitative estimate of drug-likeness (QED) is 0.141. The first kappa shape index (κ1) is 26.4. The van der Waals surface area contributed by atoms with Crippen molar-refractivity contribution >= 4 is 28.8 Å². The van der Waals surface area contributed by atoms with Gasteiger partial charge >= 0.3 is 18.4 Å². The monoisotopic (exact) mass is 496 g/mol. The Morgan fingerprint density at radius 1 is 0.735 bits per heavy atom. The molecule has 0 radical (unpaired) electrons. The average Bonchev–Trinajstić information content (AvgIpc) is 2.83. The zero-order chi connectivity index (χ0) is 24.7. The van der Waals surface area contributed by atoms with Crippen LogP contribution >= 0.6 is 0 Å². The smallest absolute Gasteiger partial charge is 0.258 e. The normalized spacial score (nSPS) is 12.6. The van der Waals surface area contributed by atoms with Gasteiger partial charge in [-0.25, -0.2) is 0 Å². The zero-order valence-electron chi connectivity index (χ0n) is 20.7. The molecule has 0 amide bonds. The standard InChI is InChI=1S/C28H36O4SSi/c1-5-6-7-10-15-24-20-22-25(23-21-24)33(29,30)31-32-34(28(2,3)4,26-16-11-8-12-17-26)27-18-13-9-14-19-27/h8-9,11-14,16-23H,5-7,10,15H2,1-4H3. The van der Waals surface area contributed by atoms with Crippen LogP contribution in [-0.2, 0) is 25.4 Å². The summed E-state index contributed by atoms with van der Waals surface area (Å²) in [6, 6.07) is 26.6. The first-order valence-corrected chi connectivity index (χ1v) is 15.3. The van der Waals surface area contributed by atoms with Crippen LogP contribution in [0.2, 0.25) is 5.04 Å². The summed E-state index contributed by atoms with van der Waals surface area (Å²) in [5.74, 6) is 0. The highest BCUT2D eigenvalue weighted by molar-refractivity contribution is 7.86. The molecule has 0 atom stereocenters. The van der Waals surface area contributed by atoms with Gasteiger partial charge in [0, 0.05) is 0 Å². The number of rotatable bonds is 11. The van der Waals surface area contributed by atoms with Gasteiger partial charge in [0.25, 0.3) is 0 Å². The van der Waals surface area contributed by atoms with Crippen molar-refractivity contribution in [1.29, 1.82) is 0 Å². The minimum atomic E-state index is -4.10. The summed E-state index contributed by atoms with van der Waals surface area (Å²) in [5.41, 5.74) is 1.13. The maximum Gasteiger partial charge on any atom is 0.322 e. The van der Waals surface area contributed by atoms with Crippen LogP contribution in [0, 0.1) is 0 Å². The molecule has 0 fully saturated rings. The Balaban J connectivity index is 1.89. The highest BCUT2D eigenvalue weighted by Crippen LogP contribution is 2.37. The van der Waals surface area contributed by atoms with E-state index in [0.29, 0.717) is 0 Å². The highest BCUT2D eigenvalue weighted by atomic mass is 32.2. The Morgan fingerprint density at radius 3 is 1.74 bits per heavy atom. The summed E-state index contributed by atoms with van der Waals surface area (Å²) in [5, 5.41) is 1.51. The Morgan fingerprint density at radius 2 is 1.26 bits per heavy atom. The van der Waals surface area contributed by atoms with E-state index < -0.39 is 23.5 Å². The molecule has 0 saturated carbocycles. The van der Waals surface area contributed by atoms with Crippen LogP contribution in [0.3, 0.4) is 0 Å². The fraction of sp³-hybridized carbons (Fsp3) is 0.357. The lowest BCUT2D eigenvalue weighted by molar-refractivity contribution is -0.105. The third-order valence-electron chi connectivity index (χ3n) is 6.20.